The molecule has 3 nitrogen and oxygen atoms in total. The van der Waals surface area contributed by atoms with E-state index < -0.39 is 11.5 Å². The number of aliphatic carboxylic acids is 1. The summed E-state index contributed by atoms with van der Waals surface area (Å²) in [6.45, 7) is 7.88. The first-order chi connectivity index (χ1) is 6.54. The average molecular weight is 199 g/mol. The summed E-state index contributed by atoms with van der Waals surface area (Å²) in [5, 5.41) is 9.14. The van der Waals surface area contributed by atoms with Gasteiger partial charge in [-0.15, -0.1) is 0 Å². The number of hydrogen-bond acceptors (Lipinski definition) is 2. The highest BCUT2D eigenvalue weighted by Gasteiger charge is 2.43. The zero-order valence-corrected chi connectivity index (χ0v) is 9.42. The number of hydrogen-bond donors (Lipinski definition) is 1. The van der Waals surface area contributed by atoms with Crippen molar-refractivity contribution in [1.82, 2.24) is 4.90 Å². The van der Waals surface area contributed by atoms with Gasteiger partial charge in [-0.2, -0.15) is 0 Å². The zero-order chi connectivity index (χ0) is 10.8. The molecule has 0 bridgehead atoms. The number of rotatable bonds is 5. The molecule has 0 amide bonds. The Labute approximate surface area is 86.1 Å². The summed E-state index contributed by atoms with van der Waals surface area (Å²) in [6, 6.07) is 0. The van der Waals surface area contributed by atoms with E-state index in [0.29, 0.717) is 6.42 Å². The summed E-state index contributed by atoms with van der Waals surface area (Å²) in [6.07, 6.45) is 3.12. The Hall–Kier alpha value is -0.570. The highest BCUT2D eigenvalue weighted by atomic mass is 16.4. The van der Waals surface area contributed by atoms with Crippen molar-refractivity contribution in [3.05, 3.63) is 0 Å². The van der Waals surface area contributed by atoms with Gasteiger partial charge >= 0.3 is 5.97 Å². The molecular formula is C11H21NO2. The van der Waals surface area contributed by atoms with Crippen molar-refractivity contribution in [3.8, 4) is 0 Å². The second kappa shape index (κ2) is 4.30. The fourth-order valence-corrected chi connectivity index (χ4v) is 2.07. The summed E-state index contributed by atoms with van der Waals surface area (Å²) in [7, 11) is 0. The normalized spacial score (nSPS) is 22.8. The van der Waals surface area contributed by atoms with E-state index >= 15 is 0 Å². The Kier molecular flexibility index (Phi) is 3.53. The third-order valence-corrected chi connectivity index (χ3v) is 3.50. The molecule has 1 aliphatic heterocycles. The molecular weight excluding hydrogens is 178 g/mol. The van der Waals surface area contributed by atoms with Crippen LogP contribution in [0.2, 0.25) is 0 Å². The van der Waals surface area contributed by atoms with Crippen LogP contribution in [-0.2, 0) is 4.79 Å². The molecule has 14 heavy (non-hydrogen) atoms. The van der Waals surface area contributed by atoms with E-state index in [1.54, 1.807) is 0 Å². The van der Waals surface area contributed by atoms with Crippen LogP contribution in [0.15, 0.2) is 0 Å². The topological polar surface area (TPSA) is 40.5 Å². The number of nitrogens with zero attached hydrogens (tertiary/aromatic N) is 1. The minimum Gasteiger partial charge on any atom is -0.480 e. The molecule has 1 atom stereocenters. The van der Waals surface area contributed by atoms with Crippen molar-refractivity contribution in [3.63, 3.8) is 0 Å². The highest BCUT2D eigenvalue weighted by molar-refractivity contribution is 5.78. The standard InChI is InChI=1S/C11H21NO2/c1-4-6-9-7-12(8-9)11(3,5-2)10(13)14/h9H,4-8H2,1-3H3,(H,13,14). The predicted molar refractivity (Wildman–Crippen MR) is 56.3 cm³/mol. The molecule has 0 aromatic heterocycles. The lowest BCUT2D eigenvalue weighted by molar-refractivity contribution is -0.156. The van der Waals surface area contributed by atoms with Gasteiger partial charge in [-0.25, -0.2) is 0 Å². The van der Waals surface area contributed by atoms with Gasteiger partial charge < -0.3 is 5.11 Å². The number of likely N-dealkylation sites (tertiary alicyclic amines) is 1. The van der Waals surface area contributed by atoms with Crippen molar-refractivity contribution >= 4 is 5.97 Å². The number of carboxylic acids is 1. The van der Waals surface area contributed by atoms with Gasteiger partial charge in [0.15, 0.2) is 0 Å². The van der Waals surface area contributed by atoms with Gasteiger partial charge in [-0.1, -0.05) is 20.3 Å². The largest absolute Gasteiger partial charge is 0.480 e. The Morgan fingerprint density at radius 1 is 1.50 bits per heavy atom. The molecule has 1 heterocycles. The van der Waals surface area contributed by atoms with Gasteiger partial charge in [0.2, 0.25) is 0 Å². The van der Waals surface area contributed by atoms with Crippen molar-refractivity contribution in [1.29, 1.82) is 0 Å². The molecule has 0 aliphatic carbocycles. The zero-order valence-electron chi connectivity index (χ0n) is 9.42. The minimum atomic E-state index is -0.685. The molecule has 1 rings (SSSR count). The van der Waals surface area contributed by atoms with Crippen LogP contribution in [0.3, 0.4) is 0 Å². The summed E-state index contributed by atoms with van der Waals surface area (Å²) in [5.74, 6) is 0.0418. The average Bonchev–Trinajstić information content (AvgIpc) is 2.09. The maximum atomic E-state index is 11.1. The first kappa shape index (κ1) is 11.5. The molecule has 1 saturated heterocycles. The van der Waals surface area contributed by atoms with Crippen LogP contribution in [-0.4, -0.2) is 34.6 Å². The summed E-state index contributed by atoms with van der Waals surface area (Å²) in [5.41, 5.74) is -0.635. The van der Waals surface area contributed by atoms with Crippen LogP contribution in [0.25, 0.3) is 0 Å². The van der Waals surface area contributed by atoms with Crippen LogP contribution in [0.5, 0.6) is 0 Å². The molecule has 1 N–H and O–H groups in total. The van der Waals surface area contributed by atoms with Crippen LogP contribution >= 0.6 is 0 Å². The minimum absolute atomic E-state index is 0.635. The van der Waals surface area contributed by atoms with Crippen molar-refractivity contribution < 1.29 is 9.90 Å². The summed E-state index contributed by atoms with van der Waals surface area (Å²) >= 11 is 0. The molecule has 1 aliphatic rings. The SMILES string of the molecule is CCCC1CN(C(C)(CC)C(=O)O)C1. The maximum Gasteiger partial charge on any atom is 0.323 e. The van der Waals surface area contributed by atoms with E-state index in [2.05, 4.69) is 11.8 Å². The molecule has 82 valence electrons. The lowest BCUT2D eigenvalue weighted by Gasteiger charge is -2.48. The third kappa shape index (κ3) is 1.92. The Morgan fingerprint density at radius 2 is 2.07 bits per heavy atom. The first-order valence-electron chi connectivity index (χ1n) is 5.53. The molecule has 3 heteroatoms. The fourth-order valence-electron chi connectivity index (χ4n) is 2.07. The molecule has 0 saturated carbocycles. The molecule has 1 unspecified atom stereocenters. The third-order valence-electron chi connectivity index (χ3n) is 3.50. The van der Waals surface area contributed by atoms with Gasteiger partial charge in [0.05, 0.1) is 0 Å². The molecule has 0 aromatic rings. The smallest absolute Gasteiger partial charge is 0.323 e. The van der Waals surface area contributed by atoms with Crippen LogP contribution in [0.1, 0.15) is 40.0 Å². The monoisotopic (exact) mass is 199 g/mol. The molecule has 1 fully saturated rings. The molecule has 0 spiro atoms. The van der Waals surface area contributed by atoms with Gasteiger partial charge in [-0.05, 0) is 25.7 Å². The van der Waals surface area contributed by atoms with Gasteiger partial charge in [-0.3, -0.25) is 9.69 Å². The van der Waals surface area contributed by atoms with E-state index in [4.69, 9.17) is 5.11 Å². The Bertz CT molecular complexity index is 211. The maximum absolute atomic E-state index is 11.1. The second-order valence-corrected chi connectivity index (χ2v) is 4.49. The predicted octanol–water partition coefficient (Wildman–Crippen LogP) is 1.97. The van der Waals surface area contributed by atoms with Crippen molar-refractivity contribution in [2.45, 2.75) is 45.6 Å². The highest BCUT2D eigenvalue weighted by Crippen LogP contribution is 2.30. The van der Waals surface area contributed by atoms with Crippen LogP contribution in [0, 0.1) is 5.92 Å². The number of carbonyl (C=O) groups is 1. The van der Waals surface area contributed by atoms with E-state index in [9.17, 15) is 4.79 Å². The molecule has 0 aromatic carbocycles. The lowest BCUT2D eigenvalue weighted by atomic mass is 9.86. The van der Waals surface area contributed by atoms with Gasteiger partial charge in [0.25, 0.3) is 0 Å². The van der Waals surface area contributed by atoms with E-state index in [0.717, 1.165) is 19.0 Å². The lowest BCUT2D eigenvalue weighted by Crippen LogP contribution is -2.61. The second-order valence-electron chi connectivity index (χ2n) is 4.49. The molecule has 0 radical (unpaired) electrons. The van der Waals surface area contributed by atoms with Crippen LogP contribution < -0.4 is 0 Å². The Morgan fingerprint density at radius 3 is 2.43 bits per heavy atom. The van der Waals surface area contributed by atoms with E-state index in [1.807, 2.05) is 13.8 Å². The van der Waals surface area contributed by atoms with Crippen molar-refractivity contribution in [2.24, 2.45) is 5.92 Å². The van der Waals surface area contributed by atoms with E-state index in [1.165, 1.54) is 12.8 Å². The summed E-state index contributed by atoms with van der Waals surface area (Å²) in [4.78, 5) is 13.2. The van der Waals surface area contributed by atoms with Crippen molar-refractivity contribution in [2.75, 3.05) is 13.1 Å². The Balaban J connectivity index is 2.47. The van der Waals surface area contributed by atoms with E-state index in [-0.39, 0.29) is 0 Å². The van der Waals surface area contributed by atoms with Gasteiger partial charge in [0.1, 0.15) is 5.54 Å². The number of carboxylic acid groups (broad SMARTS) is 1. The van der Waals surface area contributed by atoms with Crippen LogP contribution in [0.4, 0.5) is 0 Å². The quantitative estimate of drug-likeness (QED) is 0.736. The fraction of sp³-hybridized carbons (Fsp3) is 0.909. The van der Waals surface area contributed by atoms with Gasteiger partial charge in [0, 0.05) is 13.1 Å². The first-order valence-corrected chi connectivity index (χ1v) is 5.53. The summed E-state index contributed by atoms with van der Waals surface area (Å²) < 4.78 is 0.